The normalized spacial score (nSPS) is 0. The first-order valence-corrected chi connectivity index (χ1v) is 0. The maximum absolute atomic E-state index is 0. The van der Waals surface area contributed by atoms with Gasteiger partial charge < -0.3 is 0 Å². The molecule has 0 N–H and O–H groups in total. The van der Waals surface area contributed by atoms with Gasteiger partial charge in [0.25, 0.3) is 0 Å². The van der Waals surface area contributed by atoms with Crippen LogP contribution in [-0.2, 0) is 1430 Å². The summed E-state index contributed by atoms with van der Waals surface area (Å²) in [5.74, 6) is 0. The molecule has 0 aromatic heterocycles. The summed E-state index contributed by atoms with van der Waals surface area (Å²) in [5.41, 5.74) is 0. The number of rotatable bonds is 0. The Morgan fingerprint density at radius 3 is 0.0130 bits per heavy atom. The fraction of sp³-hybridized carbons (Fsp3) is 0. The molecule has 77 heteroatoms. The van der Waals surface area contributed by atoms with Gasteiger partial charge in [-0.05, 0) is 0 Å². The summed E-state index contributed by atoms with van der Waals surface area (Å²) in [4.78, 5) is 0. The third kappa shape index (κ3) is 846. The Hall–Kier alpha value is 45.0. The van der Waals surface area contributed by atoms with Crippen LogP contribution in [0.4, 0.5) is 0 Å². The van der Waals surface area contributed by atoms with Gasteiger partial charge in [0, 0.05) is 1430 Å². The molecule has 0 unspecified atom stereocenters. The van der Waals surface area contributed by atoms with Crippen LogP contribution in [0.25, 0.3) is 0 Å². The van der Waals surface area contributed by atoms with E-state index in [2.05, 4.69) is 0 Å². The first-order chi connectivity index (χ1) is 0. The van der Waals surface area contributed by atoms with E-state index in [0.717, 1.165) is 0 Å². The Bertz CT molecular complexity index is 0. The Morgan fingerprint density at radius 2 is 0.0130 bits per heavy atom. The second-order valence-corrected chi connectivity index (χ2v) is 0. The molecule has 0 heterocycles. The third-order valence-corrected chi connectivity index (χ3v) is 0. The van der Waals surface area contributed by atoms with Crippen molar-refractivity contribution in [1.29, 1.82) is 0 Å². The van der Waals surface area contributed by atoms with Crippen LogP contribution in [0.5, 0.6) is 0 Å². The SMILES string of the molecule is [V].[V].[V].[V].[V].[V].[V].[V].[V].[V].[V].[V].[V].[V].[V].[V].[V].[V].[V].[V].[V].[V].[V].[V].[V].[V].[V].[V].[V].[V].[V].[V].[V].[V].[V].[V].[V].[V].[V].[V].[V].[V].[V].[V].[V].[V].[V].[V].[V].[V].[V].[V].[V].[V].[V].[V].[V].[V].[V].[V].[V].[V].[V].[V].[V].[V].[V].[V].[V].[V].[V].[V].[V].[V].[V].[V].[V]. The predicted octanol–water partition coefficient (Wildman–Crippen LogP) is -0.193. The molecule has 0 fully saturated rings. The second kappa shape index (κ2) is 860. The molecule has 77 heavy (non-hydrogen) atoms. The van der Waals surface area contributed by atoms with E-state index in [1.54, 1.807) is 0 Å². The zero-order valence-electron chi connectivity index (χ0n) is 34.4. The molecule has 0 aliphatic heterocycles. The Labute approximate surface area is 1390 Å². The van der Waals surface area contributed by atoms with Crippen molar-refractivity contribution in [2.45, 2.75) is 0 Å². The van der Waals surface area contributed by atoms with E-state index in [4.69, 9.17) is 0 Å². The maximum atomic E-state index is 0. The molecular formula is V77. The molecule has 0 aliphatic rings. The second-order valence-electron chi connectivity index (χ2n) is 0. The minimum absolute atomic E-state index is 0. The van der Waals surface area contributed by atoms with Gasteiger partial charge in [-0.1, -0.05) is 0 Å². The first-order valence-electron chi connectivity index (χ1n) is 0. The van der Waals surface area contributed by atoms with E-state index in [-0.39, 0.29) is 1430 Å². The van der Waals surface area contributed by atoms with Gasteiger partial charge in [0.15, 0.2) is 0 Å². The molecule has 0 aromatic rings. The maximum Gasteiger partial charge on any atom is 0 e. The van der Waals surface area contributed by atoms with Crippen LogP contribution in [-0.4, -0.2) is 0 Å². The largest absolute Gasteiger partial charge is 0 e. The summed E-state index contributed by atoms with van der Waals surface area (Å²) in [6.45, 7) is 0. The number of hydrogen-bond donors (Lipinski definition) is 0. The van der Waals surface area contributed by atoms with E-state index in [0.29, 0.717) is 0 Å². The van der Waals surface area contributed by atoms with Gasteiger partial charge in [0.1, 0.15) is 0 Å². The summed E-state index contributed by atoms with van der Waals surface area (Å²) in [7, 11) is 0. The van der Waals surface area contributed by atoms with Crippen molar-refractivity contribution >= 4 is 0 Å². The first kappa shape index (κ1) is 882. The summed E-state index contributed by atoms with van der Waals surface area (Å²) < 4.78 is 0. The van der Waals surface area contributed by atoms with Crippen molar-refractivity contribution in [1.82, 2.24) is 0 Å². The molecule has 0 atom stereocenters. The molecule has 0 amide bonds. The molecule has 0 bridgehead atoms. The van der Waals surface area contributed by atoms with Gasteiger partial charge in [-0.25, -0.2) is 0 Å². The quantitative estimate of drug-likeness (QED) is 0.316. The average Bonchev–Trinajstić information content (AvgIpc) is 0. The van der Waals surface area contributed by atoms with Crippen molar-refractivity contribution in [3.63, 3.8) is 0 Å². The standard InChI is InChI=1S/77V. The molecule has 385 valence electrons. The Kier molecular flexibility index (Phi) is 9860. The van der Waals surface area contributed by atoms with E-state index in [9.17, 15) is 0 Å². The fourth-order valence-electron chi connectivity index (χ4n) is 0. The van der Waals surface area contributed by atoms with Crippen molar-refractivity contribution in [3.05, 3.63) is 0 Å². The van der Waals surface area contributed by atoms with Gasteiger partial charge in [-0.3, -0.25) is 0 Å². The summed E-state index contributed by atoms with van der Waals surface area (Å²) in [6, 6.07) is 0. The van der Waals surface area contributed by atoms with Crippen molar-refractivity contribution in [3.8, 4) is 0 Å². The molecule has 0 spiro atoms. The number of hydrogen-bond acceptors (Lipinski definition) is 0. The molecule has 77 radical (unpaired) electrons. The molecular weight excluding hydrogens is 3920 g/mol. The van der Waals surface area contributed by atoms with Gasteiger partial charge >= 0.3 is 0 Å². The fourth-order valence-corrected chi connectivity index (χ4v) is 0. The topological polar surface area (TPSA) is 0 Å². The van der Waals surface area contributed by atoms with Crippen LogP contribution in [0.1, 0.15) is 0 Å². The molecule has 0 rings (SSSR count). The van der Waals surface area contributed by atoms with Gasteiger partial charge in [0.05, 0.1) is 0 Å². The molecule has 0 aromatic carbocycles. The minimum atomic E-state index is 0. The van der Waals surface area contributed by atoms with Crippen LogP contribution in [0.15, 0.2) is 0 Å². The van der Waals surface area contributed by atoms with Crippen LogP contribution in [0.2, 0.25) is 0 Å². The van der Waals surface area contributed by atoms with Gasteiger partial charge in [0.2, 0.25) is 0 Å². The van der Waals surface area contributed by atoms with Gasteiger partial charge in [-0.2, -0.15) is 0 Å². The van der Waals surface area contributed by atoms with Crippen LogP contribution < -0.4 is 0 Å². The molecule has 0 aliphatic carbocycles. The van der Waals surface area contributed by atoms with Crippen LogP contribution >= 0.6 is 0 Å². The van der Waals surface area contributed by atoms with Crippen molar-refractivity contribution in [2.24, 2.45) is 0 Å². The zero-order chi connectivity index (χ0) is 0. The molecule has 0 nitrogen and oxygen atoms in total. The zero-order valence-corrected chi connectivity index (χ0v) is 142. The smallest absolute Gasteiger partial charge is 0 e. The van der Waals surface area contributed by atoms with Crippen LogP contribution in [0, 0.1) is 0 Å². The van der Waals surface area contributed by atoms with E-state index >= 15 is 0 Å². The van der Waals surface area contributed by atoms with Crippen molar-refractivity contribution in [2.75, 3.05) is 0 Å². The molecule has 0 saturated heterocycles. The monoisotopic (exact) mass is 3920 g/mol. The minimum Gasteiger partial charge on any atom is 0 e. The van der Waals surface area contributed by atoms with E-state index in [1.165, 1.54) is 0 Å². The van der Waals surface area contributed by atoms with E-state index < -0.39 is 0 Å². The van der Waals surface area contributed by atoms with Crippen molar-refractivity contribution < 1.29 is 1430 Å². The summed E-state index contributed by atoms with van der Waals surface area (Å²) in [6.07, 6.45) is 0. The van der Waals surface area contributed by atoms with Crippen LogP contribution in [0.3, 0.4) is 0 Å². The summed E-state index contributed by atoms with van der Waals surface area (Å²) >= 11 is 0. The molecule has 0 saturated carbocycles. The van der Waals surface area contributed by atoms with E-state index in [1.807, 2.05) is 0 Å². The third-order valence-electron chi connectivity index (χ3n) is 0. The summed E-state index contributed by atoms with van der Waals surface area (Å²) in [5, 5.41) is 0. The predicted molar refractivity (Wildman–Crippen MR) is 0 cm³/mol. The van der Waals surface area contributed by atoms with Gasteiger partial charge in [-0.15, -0.1) is 0 Å². The Balaban J connectivity index is 0. The average molecular weight is 3920 g/mol. The Morgan fingerprint density at radius 1 is 0.0130 bits per heavy atom.